The molecular formula is C18H26N4O. The lowest BCUT2D eigenvalue weighted by Gasteiger charge is -2.23. The number of nitrogens with one attached hydrogen (secondary N) is 1. The molecule has 1 aromatic heterocycles. The van der Waals surface area contributed by atoms with Crippen molar-refractivity contribution in [1.29, 1.82) is 0 Å². The van der Waals surface area contributed by atoms with Crippen molar-refractivity contribution in [2.75, 3.05) is 20.7 Å². The number of para-hydroxylation sites is 1. The second-order valence-corrected chi connectivity index (χ2v) is 5.41. The van der Waals surface area contributed by atoms with Gasteiger partial charge in [0.25, 0.3) is 0 Å². The van der Waals surface area contributed by atoms with Gasteiger partial charge in [0, 0.05) is 45.1 Å². The van der Waals surface area contributed by atoms with E-state index in [4.69, 9.17) is 4.74 Å². The lowest BCUT2D eigenvalue weighted by atomic mass is 10.2. The molecule has 5 nitrogen and oxygen atoms in total. The first-order valence-electron chi connectivity index (χ1n) is 7.88. The molecule has 1 N–H and O–H groups in total. The summed E-state index contributed by atoms with van der Waals surface area (Å²) >= 11 is 0. The number of ether oxygens (including phenoxy) is 1. The lowest BCUT2D eigenvalue weighted by Crippen LogP contribution is -2.38. The number of guanidine groups is 1. The van der Waals surface area contributed by atoms with E-state index in [1.165, 1.54) is 5.69 Å². The number of aryl methyl sites for hydroxylation is 1. The van der Waals surface area contributed by atoms with Gasteiger partial charge in [-0.1, -0.05) is 18.2 Å². The molecule has 124 valence electrons. The van der Waals surface area contributed by atoms with E-state index in [1.54, 1.807) is 7.05 Å². The Labute approximate surface area is 138 Å². The summed E-state index contributed by atoms with van der Waals surface area (Å²) in [6.07, 6.45) is 2.05. The number of nitrogens with zero attached hydrogens (tertiary/aromatic N) is 3. The molecular weight excluding hydrogens is 288 g/mol. The van der Waals surface area contributed by atoms with Crippen LogP contribution in [0, 0.1) is 0 Å². The topological polar surface area (TPSA) is 41.8 Å². The predicted octanol–water partition coefficient (Wildman–Crippen LogP) is 2.63. The summed E-state index contributed by atoms with van der Waals surface area (Å²) in [7, 11) is 5.90. The second-order valence-electron chi connectivity index (χ2n) is 5.41. The van der Waals surface area contributed by atoms with Crippen LogP contribution in [0.25, 0.3) is 0 Å². The minimum atomic E-state index is 0.666. The first-order valence-corrected chi connectivity index (χ1v) is 7.88. The minimum Gasteiger partial charge on any atom is -0.494 e. The maximum absolute atomic E-state index is 5.67. The first kappa shape index (κ1) is 16.9. The zero-order valence-electron chi connectivity index (χ0n) is 14.4. The monoisotopic (exact) mass is 314 g/mol. The third kappa shape index (κ3) is 4.52. The maximum atomic E-state index is 5.67. The van der Waals surface area contributed by atoms with Gasteiger partial charge >= 0.3 is 0 Å². The van der Waals surface area contributed by atoms with Crippen molar-refractivity contribution in [3.63, 3.8) is 0 Å². The molecule has 2 aromatic rings. The average molecular weight is 314 g/mol. The summed E-state index contributed by atoms with van der Waals surface area (Å²) in [5.74, 6) is 1.78. The normalized spacial score (nSPS) is 11.4. The van der Waals surface area contributed by atoms with E-state index in [9.17, 15) is 0 Å². The molecule has 1 aromatic carbocycles. The van der Waals surface area contributed by atoms with E-state index in [2.05, 4.69) is 51.2 Å². The molecule has 0 aliphatic heterocycles. The van der Waals surface area contributed by atoms with Crippen LogP contribution in [0.5, 0.6) is 5.75 Å². The molecule has 0 fully saturated rings. The number of benzene rings is 1. The number of aliphatic imine (C=N–C) groups is 1. The Kier molecular flexibility index (Phi) is 6.09. The molecule has 0 saturated heterocycles. The minimum absolute atomic E-state index is 0.666. The Morgan fingerprint density at radius 3 is 2.70 bits per heavy atom. The molecule has 0 spiro atoms. The van der Waals surface area contributed by atoms with Crippen LogP contribution >= 0.6 is 0 Å². The fourth-order valence-electron chi connectivity index (χ4n) is 2.48. The summed E-state index contributed by atoms with van der Waals surface area (Å²) in [5, 5.41) is 3.40. The Hall–Kier alpha value is -2.43. The quantitative estimate of drug-likeness (QED) is 0.658. The van der Waals surface area contributed by atoms with E-state index >= 15 is 0 Å². The van der Waals surface area contributed by atoms with Gasteiger partial charge in [-0.2, -0.15) is 0 Å². The molecule has 2 rings (SSSR count). The Balaban J connectivity index is 1.99. The second kappa shape index (κ2) is 8.27. The third-order valence-corrected chi connectivity index (χ3v) is 3.73. The summed E-state index contributed by atoms with van der Waals surface area (Å²) in [5.41, 5.74) is 2.37. The highest BCUT2D eigenvalue weighted by Gasteiger charge is 2.09. The molecule has 0 saturated carbocycles. The van der Waals surface area contributed by atoms with Crippen molar-refractivity contribution in [3.8, 4) is 5.75 Å². The summed E-state index contributed by atoms with van der Waals surface area (Å²) in [4.78, 5) is 6.48. The van der Waals surface area contributed by atoms with Gasteiger partial charge in [-0.3, -0.25) is 4.99 Å². The molecule has 0 amide bonds. The van der Waals surface area contributed by atoms with Crippen molar-refractivity contribution in [3.05, 3.63) is 53.9 Å². The van der Waals surface area contributed by atoms with Gasteiger partial charge in [-0.25, -0.2) is 0 Å². The van der Waals surface area contributed by atoms with E-state index < -0.39 is 0 Å². The van der Waals surface area contributed by atoms with Gasteiger partial charge in [-0.05, 0) is 25.1 Å². The summed E-state index contributed by atoms with van der Waals surface area (Å²) in [6.45, 7) is 4.15. The zero-order chi connectivity index (χ0) is 16.7. The molecule has 0 aliphatic carbocycles. The molecule has 0 unspecified atom stereocenters. The third-order valence-electron chi connectivity index (χ3n) is 3.73. The van der Waals surface area contributed by atoms with Gasteiger partial charge in [0.2, 0.25) is 0 Å². The SMILES string of the molecule is CCOc1ccccc1CNC(=NC)N(C)Cc1cccn1C. The standard InChI is InChI=1S/C18H26N4O/c1-5-23-17-11-7-6-9-15(17)13-20-18(19-2)22(4)14-16-10-8-12-21(16)3/h6-12H,5,13-14H2,1-4H3,(H,19,20). The van der Waals surface area contributed by atoms with Crippen molar-refractivity contribution in [2.45, 2.75) is 20.0 Å². The lowest BCUT2D eigenvalue weighted by molar-refractivity contribution is 0.336. The summed E-state index contributed by atoms with van der Waals surface area (Å²) in [6, 6.07) is 12.3. The fourth-order valence-corrected chi connectivity index (χ4v) is 2.48. The van der Waals surface area contributed by atoms with E-state index in [0.717, 1.165) is 23.8 Å². The number of aromatic nitrogens is 1. The van der Waals surface area contributed by atoms with Crippen LogP contribution in [0.15, 0.2) is 47.6 Å². The van der Waals surface area contributed by atoms with E-state index in [0.29, 0.717) is 13.2 Å². The smallest absolute Gasteiger partial charge is 0.194 e. The van der Waals surface area contributed by atoms with Crippen molar-refractivity contribution in [2.24, 2.45) is 12.0 Å². The largest absolute Gasteiger partial charge is 0.494 e. The fraction of sp³-hybridized carbons (Fsp3) is 0.389. The highest BCUT2D eigenvalue weighted by molar-refractivity contribution is 5.79. The maximum Gasteiger partial charge on any atom is 0.194 e. The summed E-state index contributed by atoms with van der Waals surface area (Å²) < 4.78 is 7.79. The Bertz CT molecular complexity index is 648. The Morgan fingerprint density at radius 1 is 1.26 bits per heavy atom. The van der Waals surface area contributed by atoms with Crippen molar-refractivity contribution < 1.29 is 4.74 Å². The first-order chi connectivity index (χ1) is 11.2. The van der Waals surface area contributed by atoms with Crippen LogP contribution in [-0.4, -0.2) is 36.1 Å². The van der Waals surface area contributed by atoms with Crippen LogP contribution in [0.2, 0.25) is 0 Å². The van der Waals surface area contributed by atoms with Crippen LogP contribution in [0.4, 0.5) is 0 Å². The van der Waals surface area contributed by atoms with Gasteiger partial charge in [0.05, 0.1) is 13.2 Å². The molecule has 23 heavy (non-hydrogen) atoms. The molecule has 0 bridgehead atoms. The van der Waals surface area contributed by atoms with Crippen molar-refractivity contribution in [1.82, 2.24) is 14.8 Å². The molecule has 0 radical (unpaired) electrons. The van der Waals surface area contributed by atoms with Gasteiger partial charge in [0.1, 0.15) is 5.75 Å². The molecule has 1 heterocycles. The number of rotatable bonds is 6. The highest BCUT2D eigenvalue weighted by Crippen LogP contribution is 2.17. The predicted molar refractivity (Wildman–Crippen MR) is 94.7 cm³/mol. The number of hydrogen-bond donors (Lipinski definition) is 1. The van der Waals surface area contributed by atoms with Crippen molar-refractivity contribution >= 4 is 5.96 Å². The van der Waals surface area contributed by atoms with E-state index in [-0.39, 0.29) is 0 Å². The van der Waals surface area contributed by atoms with Gasteiger partial charge in [0.15, 0.2) is 5.96 Å². The average Bonchev–Trinajstić information content (AvgIpc) is 2.95. The van der Waals surface area contributed by atoms with Crippen LogP contribution in [0.3, 0.4) is 0 Å². The van der Waals surface area contributed by atoms with E-state index in [1.807, 2.05) is 32.2 Å². The molecule has 5 heteroatoms. The number of hydrogen-bond acceptors (Lipinski definition) is 2. The van der Waals surface area contributed by atoms with Gasteiger partial charge in [-0.15, -0.1) is 0 Å². The van der Waals surface area contributed by atoms with Crippen LogP contribution < -0.4 is 10.1 Å². The molecule has 0 atom stereocenters. The zero-order valence-corrected chi connectivity index (χ0v) is 14.4. The van der Waals surface area contributed by atoms with Crippen LogP contribution in [-0.2, 0) is 20.1 Å². The highest BCUT2D eigenvalue weighted by atomic mass is 16.5. The van der Waals surface area contributed by atoms with Crippen LogP contribution in [0.1, 0.15) is 18.2 Å². The molecule has 0 aliphatic rings. The Morgan fingerprint density at radius 2 is 2.04 bits per heavy atom. The van der Waals surface area contributed by atoms with Gasteiger partial charge < -0.3 is 19.5 Å².